The van der Waals surface area contributed by atoms with Gasteiger partial charge in [-0.15, -0.1) is 11.3 Å². The molecule has 0 atom stereocenters. The van der Waals surface area contributed by atoms with Gasteiger partial charge in [-0.25, -0.2) is 4.98 Å². The van der Waals surface area contributed by atoms with Crippen LogP contribution in [-0.4, -0.2) is 4.98 Å². The van der Waals surface area contributed by atoms with Gasteiger partial charge in [0, 0.05) is 71.0 Å². The highest BCUT2D eigenvalue weighted by molar-refractivity contribution is 7.25. The maximum atomic E-state index is 6.62. The highest BCUT2D eigenvalue weighted by atomic mass is 32.1. The van der Waals surface area contributed by atoms with Crippen LogP contribution in [0.25, 0.3) is 75.8 Å². The zero-order valence-corrected chi connectivity index (χ0v) is 28.8. The van der Waals surface area contributed by atoms with Crippen molar-refractivity contribution in [3.8, 4) is 22.6 Å². The molecule has 1 aliphatic carbocycles. The number of aromatic nitrogens is 1. The first-order valence-corrected chi connectivity index (χ1v) is 18.1. The minimum atomic E-state index is -0.116. The number of nitrogens with zero attached hydrogens (tertiary/aromatic N) is 2. The van der Waals surface area contributed by atoms with Crippen molar-refractivity contribution in [2.75, 3.05) is 4.90 Å². The van der Waals surface area contributed by atoms with Gasteiger partial charge < -0.3 is 13.7 Å². The molecule has 0 amide bonds. The average molecular weight is 675 g/mol. The zero-order valence-electron chi connectivity index (χ0n) is 28.0. The standard InChI is InChI=1S/C46H30N2O2S/c1-46(2)35-15-8-6-14-32(35)44-36(46)16-10-17-38(44)48(28-20-22-43-34(23-28)31-13-7-9-18-42(31)51-43)29-19-21-30-33-25-37-41(26-40(33)49-39(30)24-29)50-45(47-37)27-11-4-3-5-12-27/h3-26H,1-2H3. The summed E-state index contributed by atoms with van der Waals surface area (Å²) in [6.07, 6.45) is 0. The lowest BCUT2D eigenvalue weighted by Crippen LogP contribution is -2.16. The van der Waals surface area contributed by atoms with Crippen LogP contribution in [0.4, 0.5) is 17.1 Å². The molecule has 11 rings (SSSR count). The van der Waals surface area contributed by atoms with Crippen LogP contribution in [0.2, 0.25) is 0 Å². The molecule has 0 radical (unpaired) electrons. The Balaban J connectivity index is 1.13. The number of rotatable bonds is 4. The summed E-state index contributed by atoms with van der Waals surface area (Å²) < 4.78 is 15.4. The second-order valence-corrected chi connectivity index (χ2v) is 15.1. The summed E-state index contributed by atoms with van der Waals surface area (Å²) in [6, 6.07) is 51.9. The van der Waals surface area contributed by atoms with Gasteiger partial charge in [-0.1, -0.05) is 86.6 Å². The fourth-order valence-corrected chi connectivity index (χ4v) is 9.32. The van der Waals surface area contributed by atoms with Crippen molar-refractivity contribution in [2.24, 2.45) is 0 Å². The van der Waals surface area contributed by atoms with E-state index in [2.05, 4.69) is 128 Å². The third-order valence-electron chi connectivity index (χ3n) is 10.7. The molecule has 0 N–H and O–H groups in total. The first-order valence-electron chi connectivity index (χ1n) is 17.3. The van der Waals surface area contributed by atoms with E-state index in [1.54, 1.807) is 0 Å². The molecule has 3 aromatic heterocycles. The summed E-state index contributed by atoms with van der Waals surface area (Å²) >= 11 is 1.84. The average Bonchev–Trinajstić information content (AvgIpc) is 3.91. The zero-order chi connectivity index (χ0) is 33.8. The maximum absolute atomic E-state index is 6.62. The highest BCUT2D eigenvalue weighted by Gasteiger charge is 2.37. The lowest BCUT2D eigenvalue weighted by Gasteiger charge is -2.29. The van der Waals surface area contributed by atoms with Gasteiger partial charge in [-0.3, -0.25) is 0 Å². The number of benzene rings is 7. The molecule has 0 spiro atoms. The van der Waals surface area contributed by atoms with Crippen molar-refractivity contribution in [2.45, 2.75) is 19.3 Å². The predicted octanol–water partition coefficient (Wildman–Crippen LogP) is 13.5. The van der Waals surface area contributed by atoms with Crippen LogP contribution in [0, 0.1) is 0 Å². The number of hydrogen-bond donors (Lipinski definition) is 0. The molecular weight excluding hydrogens is 645 g/mol. The van der Waals surface area contributed by atoms with Gasteiger partial charge in [0.2, 0.25) is 5.89 Å². The third kappa shape index (κ3) is 4.16. The first-order chi connectivity index (χ1) is 25.0. The van der Waals surface area contributed by atoms with Gasteiger partial charge in [0.15, 0.2) is 5.58 Å². The van der Waals surface area contributed by atoms with Crippen molar-refractivity contribution < 1.29 is 8.83 Å². The van der Waals surface area contributed by atoms with E-state index >= 15 is 0 Å². The number of hydrogen-bond acceptors (Lipinski definition) is 5. The van der Waals surface area contributed by atoms with Crippen molar-refractivity contribution in [3.63, 3.8) is 0 Å². The normalized spacial score (nSPS) is 13.5. The van der Waals surface area contributed by atoms with Crippen molar-refractivity contribution >= 4 is 81.6 Å². The van der Waals surface area contributed by atoms with Crippen LogP contribution in [0.1, 0.15) is 25.0 Å². The Morgan fingerprint density at radius 3 is 2.22 bits per heavy atom. The molecule has 10 aromatic rings. The lowest BCUT2D eigenvalue weighted by molar-refractivity contribution is 0.617. The molecule has 0 unspecified atom stereocenters. The second-order valence-electron chi connectivity index (χ2n) is 14.0. The minimum Gasteiger partial charge on any atom is -0.456 e. The SMILES string of the molecule is CC1(C)c2ccccc2-c2c(N(c3ccc4c(c3)oc3cc5oc(-c6ccccc6)nc5cc34)c3ccc4sc5ccccc5c4c3)cccc21. The van der Waals surface area contributed by atoms with Gasteiger partial charge in [0.1, 0.15) is 16.7 Å². The quantitative estimate of drug-likeness (QED) is 0.186. The monoisotopic (exact) mass is 674 g/mol. The number of thiophene rings is 1. The molecular formula is C46H30N2O2S. The Labute approximate surface area is 297 Å². The summed E-state index contributed by atoms with van der Waals surface area (Å²) in [4.78, 5) is 7.25. The van der Waals surface area contributed by atoms with Gasteiger partial charge in [-0.2, -0.15) is 0 Å². The number of anilines is 3. The summed E-state index contributed by atoms with van der Waals surface area (Å²) in [5, 5.41) is 4.61. The van der Waals surface area contributed by atoms with E-state index in [1.807, 2.05) is 47.7 Å². The molecule has 7 aromatic carbocycles. The molecule has 0 aliphatic heterocycles. The first kappa shape index (κ1) is 28.6. The third-order valence-corrected chi connectivity index (χ3v) is 11.8. The Bertz CT molecular complexity index is 3020. The fraction of sp³-hybridized carbons (Fsp3) is 0.0652. The van der Waals surface area contributed by atoms with Crippen molar-refractivity contribution in [1.82, 2.24) is 4.98 Å². The van der Waals surface area contributed by atoms with Crippen LogP contribution < -0.4 is 4.90 Å². The molecule has 0 saturated carbocycles. The van der Waals surface area contributed by atoms with Gasteiger partial charge in [-0.05, 0) is 77.4 Å². The number of fused-ring (bicyclic) bond motifs is 10. The van der Waals surface area contributed by atoms with E-state index in [9.17, 15) is 0 Å². The van der Waals surface area contributed by atoms with E-state index in [1.165, 1.54) is 42.4 Å². The second kappa shape index (κ2) is 10.4. The Morgan fingerprint density at radius 2 is 1.29 bits per heavy atom. The summed E-state index contributed by atoms with van der Waals surface area (Å²) in [5.74, 6) is 0.607. The molecule has 5 heteroatoms. The minimum absolute atomic E-state index is 0.116. The van der Waals surface area contributed by atoms with E-state index in [-0.39, 0.29) is 5.41 Å². The summed E-state index contributed by atoms with van der Waals surface area (Å²) in [6.45, 7) is 4.67. The molecule has 1 aliphatic rings. The van der Waals surface area contributed by atoms with E-state index in [0.717, 1.165) is 50.1 Å². The maximum Gasteiger partial charge on any atom is 0.227 e. The van der Waals surface area contributed by atoms with Gasteiger partial charge >= 0.3 is 0 Å². The van der Waals surface area contributed by atoms with E-state index in [4.69, 9.17) is 13.8 Å². The van der Waals surface area contributed by atoms with Crippen LogP contribution >= 0.6 is 11.3 Å². The molecule has 0 bridgehead atoms. The van der Waals surface area contributed by atoms with Crippen LogP contribution in [0.5, 0.6) is 0 Å². The number of furan rings is 1. The fourth-order valence-electron chi connectivity index (χ4n) is 8.23. The molecule has 4 nitrogen and oxygen atoms in total. The van der Waals surface area contributed by atoms with E-state index < -0.39 is 0 Å². The summed E-state index contributed by atoms with van der Waals surface area (Å²) in [5.41, 5.74) is 12.5. The molecule has 0 saturated heterocycles. The van der Waals surface area contributed by atoms with Gasteiger partial charge in [0.25, 0.3) is 0 Å². The topological polar surface area (TPSA) is 42.4 Å². The molecule has 0 fully saturated rings. The largest absolute Gasteiger partial charge is 0.456 e. The Kier molecular flexibility index (Phi) is 5.85. The van der Waals surface area contributed by atoms with Crippen LogP contribution in [0.3, 0.4) is 0 Å². The lowest BCUT2D eigenvalue weighted by atomic mass is 9.82. The predicted molar refractivity (Wildman–Crippen MR) is 212 cm³/mol. The van der Waals surface area contributed by atoms with Crippen LogP contribution in [-0.2, 0) is 5.41 Å². The summed E-state index contributed by atoms with van der Waals surface area (Å²) in [7, 11) is 0. The number of oxazole rings is 1. The molecule has 3 heterocycles. The van der Waals surface area contributed by atoms with Crippen molar-refractivity contribution in [1.29, 1.82) is 0 Å². The smallest absolute Gasteiger partial charge is 0.227 e. The van der Waals surface area contributed by atoms with E-state index in [0.29, 0.717) is 11.5 Å². The Morgan fingerprint density at radius 1 is 0.549 bits per heavy atom. The van der Waals surface area contributed by atoms with Crippen molar-refractivity contribution in [3.05, 3.63) is 157 Å². The molecule has 51 heavy (non-hydrogen) atoms. The van der Waals surface area contributed by atoms with Gasteiger partial charge in [0.05, 0.1) is 5.69 Å². The molecule has 242 valence electrons. The Hall–Kier alpha value is -6.17. The van der Waals surface area contributed by atoms with Crippen LogP contribution in [0.15, 0.2) is 154 Å². The highest BCUT2D eigenvalue weighted by Crippen LogP contribution is 2.54.